The number of halogens is 2. The Kier molecular flexibility index (Phi) is 3.78. The highest BCUT2D eigenvalue weighted by Crippen LogP contribution is 2.41. The zero-order valence-corrected chi connectivity index (χ0v) is 15.0. The summed E-state index contributed by atoms with van der Waals surface area (Å²) < 4.78 is 1.99. The van der Waals surface area contributed by atoms with Gasteiger partial charge in [0.15, 0.2) is 0 Å². The van der Waals surface area contributed by atoms with Gasteiger partial charge in [0, 0.05) is 17.7 Å². The third-order valence-corrected chi connectivity index (χ3v) is 5.28. The quantitative estimate of drug-likeness (QED) is 0.662. The highest BCUT2D eigenvalue weighted by atomic mass is 35.5. The largest absolute Gasteiger partial charge is 0.369 e. The molecule has 1 aliphatic rings. The third-order valence-electron chi connectivity index (χ3n) is 4.65. The fraction of sp³-hybridized carbons (Fsp3) is 0.211. The number of nitrogens with one attached hydrogen (secondary N) is 1. The molecule has 0 bridgehead atoms. The molecule has 0 spiro atoms. The van der Waals surface area contributed by atoms with E-state index in [2.05, 4.69) is 37.4 Å². The van der Waals surface area contributed by atoms with Crippen LogP contribution >= 0.6 is 23.2 Å². The molecule has 0 radical (unpaired) electrons. The first-order chi connectivity index (χ1) is 11.6. The van der Waals surface area contributed by atoms with Gasteiger partial charge >= 0.3 is 0 Å². The van der Waals surface area contributed by atoms with Crippen LogP contribution in [0.2, 0.25) is 10.0 Å². The number of hydrogen-bond acceptors (Lipinski definition) is 2. The molecule has 4 rings (SSSR count). The predicted octanol–water partition coefficient (Wildman–Crippen LogP) is 5.43. The molecule has 1 aromatic heterocycles. The Labute approximate surface area is 151 Å². The first kappa shape index (κ1) is 15.6. The van der Waals surface area contributed by atoms with Gasteiger partial charge in [-0.1, -0.05) is 41.4 Å². The summed E-state index contributed by atoms with van der Waals surface area (Å²) in [5, 5.41) is 9.59. The summed E-state index contributed by atoms with van der Waals surface area (Å²) in [5.74, 6) is 1.04. The smallest absolute Gasteiger partial charge is 0.133 e. The summed E-state index contributed by atoms with van der Waals surface area (Å²) >= 11 is 12.8. The molecule has 3 aromatic rings. The van der Waals surface area contributed by atoms with Crippen LogP contribution in [-0.2, 0) is 6.42 Å². The Morgan fingerprint density at radius 2 is 1.75 bits per heavy atom. The molecule has 0 amide bonds. The summed E-state index contributed by atoms with van der Waals surface area (Å²) in [5.41, 5.74) is 6.39. The summed E-state index contributed by atoms with van der Waals surface area (Å²) in [6.07, 6.45) is 0.914. The van der Waals surface area contributed by atoms with Crippen LogP contribution < -0.4 is 5.32 Å². The van der Waals surface area contributed by atoms with Gasteiger partial charge in [-0.3, -0.25) is 0 Å². The molecular formula is C19H17Cl2N3. The van der Waals surface area contributed by atoms with Gasteiger partial charge < -0.3 is 5.32 Å². The summed E-state index contributed by atoms with van der Waals surface area (Å²) in [6, 6.07) is 11.8. The van der Waals surface area contributed by atoms with Gasteiger partial charge in [0.2, 0.25) is 0 Å². The van der Waals surface area contributed by atoms with Gasteiger partial charge in [-0.25, -0.2) is 4.68 Å². The molecular weight excluding hydrogens is 341 g/mol. The fourth-order valence-corrected chi connectivity index (χ4v) is 3.82. The van der Waals surface area contributed by atoms with E-state index in [1.165, 1.54) is 16.7 Å². The predicted molar refractivity (Wildman–Crippen MR) is 101 cm³/mol. The monoisotopic (exact) mass is 357 g/mol. The fourth-order valence-electron chi connectivity index (χ4n) is 3.24. The van der Waals surface area contributed by atoms with Gasteiger partial charge in [0.25, 0.3) is 0 Å². The van der Waals surface area contributed by atoms with E-state index in [9.17, 15) is 0 Å². The summed E-state index contributed by atoms with van der Waals surface area (Å²) in [4.78, 5) is 0. The van der Waals surface area contributed by atoms with Crippen molar-refractivity contribution in [1.82, 2.24) is 9.78 Å². The lowest BCUT2D eigenvalue weighted by Gasteiger charge is -2.11. The first-order valence-corrected chi connectivity index (χ1v) is 8.70. The molecule has 122 valence electrons. The Bertz CT molecular complexity index is 924. The lowest BCUT2D eigenvalue weighted by molar-refractivity contribution is 0.873. The van der Waals surface area contributed by atoms with Crippen LogP contribution in [-0.4, -0.2) is 16.3 Å². The van der Waals surface area contributed by atoms with Crippen molar-refractivity contribution in [2.24, 2.45) is 0 Å². The van der Waals surface area contributed by atoms with E-state index in [0.29, 0.717) is 10.0 Å². The number of nitrogens with zero attached hydrogens (tertiary/aromatic N) is 2. The van der Waals surface area contributed by atoms with Crippen LogP contribution in [0.1, 0.15) is 16.7 Å². The maximum Gasteiger partial charge on any atom is 0.133 e. The lowest BCUT2D eigenvalue weighted by Crippen LogP contribution is -2.06. The van der Waals surface area contributed by atoms with E-state index in [4.69, 9.17) is 28.3 Å². The van der Waals surface area contributed by atoms with Crippen molar-refractivity contribution in [3.8, 4) is 16.9 Å². The average Bonchev–Trinajstić information content (AvgIpc) is 3.14. The molecule has 24 heavy (non-hydrogen) atoms. The molecule has 3 nitrogen and oxygen atoms in total. The SMILES string of the molecule is Cc1cccc(-n2nc(-c3c(Cl)cccc3Cl)c3c2NCC3)c1C. The zero-order valence-electron chi connectivity index (χ0n) is 13.5. The Balaban J connectivity index is 1.98. The maximum atomic E-state index is 6.42. The van der Waals surface area contributed by atoms with E-state index in [1.807, 2.05) is 22.9 Å². The Hall–Kier alpha value is -1.97. The molecule has 0 atom stereocenters. The van der Waals surface area contributed by atoms with Crippen molar-refractivity contribution in [1.29, 1.82) is 0 Å². The molecule has 2 heterocycles. The van der Waals surface area contributed by atoms with Crippen molar-refractivity contribution < 1.29 is 0 Å². The second-order valence-electron chi connectivity index (χ2n) is 6.08. The molecule has 0 saturated heterocycles. The Morgan fingerprint density at radius 3 is 2.50 bits per heavy atom. The topological polar surface area (TPSA) is 29.9 Å². The van der Waals surface area contributed by atoms with E-state index >= 15 is 0 Å². The summed E-state index contributed by atoms with van der Waals surface area (Å²) in [7, 11) is 0. The zero-order chi connectivity index (χ0) is 16.8. The van der Waals surface area contributed by atoms with Crippen molar-refractivity contribution in [3.05, 3.63) is 63.1 Å². The number of benzene rings is 2. The highest BCUT2D eigenvalue weighted by Gasteiger charge is 2.26. The molecule has 0 unspecified atom stereocenters. The third kappa shape index (κ3) is 2.31. The number of aromatic nitrogens is 2. The van der Waals surface area contributed by atoms with Crippen LogP contribution in [0.25, 0.3) is 16.9 Å². The number of rotatable bonds is 2. The number of hydrogen-bond donors (Lipinski definition) is 1. The average molecular weight is 358 g/mol. The number of anilines is 1. The standard InChI is InChI=1S/C19H17Cl2N3/c1-11-5-3-8-16(12(11)2)24-19-13(9-10-22-19)18(23-24)17-14(20)6-4-7-15(17)21/h3-8,22H,9-10H2,1-2H3. The normalized spacial score (nSPS) is 13.0. The second-order valence-corrected chi connectivity index (χ2v) is 6.89. The number of aryl methyl sites for hydroxylation is 1. The first-order valence-electron chi connectivity index (χ1n) is 7.94. The van der Waals surface area contributed by atoms with Crippen LogP contribution in [0, 0.1) is 13.8 Å². The lowest BCUT2D eigenvalue weighted by atomic mass is 10.1. The van der Waals surface area contributed by atoms with E-state index in [1.54, 1.807) is 0 Å². The minimum atomic E-state index is 0.628. The van der Waals surface area contributed by atoms with Crippen molar-refractivity contribution >= 4 is 29.0 Å². The van der Waals surface area contributed by atoms with Crippen molar-refractivity contribution in [2.45, 2.75) is 20.3 Å². The molecule has 0 saturated carbocycles. The van der Waals surface area contributed by atoms with E-state index in [0.717, 1.165) is 35.7 Å². The van der Waals surface area contributed by atoms with Crippen molar-refractivity contribution in [2.75, 3.05) is 11.9 Å². The number of fused-ring (bicyclic) bond motifs is 1. The van der Waals surface area contributed by atoms with E-state index < -0.39 is 0 Å². The minimum Gasteiger partial charge on any atom is -0.369 e. The van der Waals surface area contributed by atoms with E-state index in [-0.39, 0.29) is 0 Å². The van der Waals surface area contributed by atoms with Crippen LogP contribution in [0.15, 0.2) is 36.4 Å². The molecule has 1 aliphatic heterocycles. The Morgan fingerprint density at radius 1 is 1.04 bits per heavy atom. The van der Waals surface area contributed by atoms with Gasteiger partial charge in [-0.05, 0) is 49.6 Å². The molecule has 2 aromatic carbocycles. The molecule has 5 heteroatoms. The van der Waals surface area contributed by atoms with Crippen LogP contribution in [0.3, 0.4) is 0 Å². The molecule has 1 N–H and O–H groups in total. The van der Waals surface area contributed by atoms with Gasteiger partial charge in [0.1, 0.15) is 11.5 Å². The summed E-state index contributed by atoms with van der Waals surface area (Å²) in [6.45, 7) is 5.13. The van der Waals surface area contributed by atoms with Gasteiger partial charge in [-0.15, -0.1) is 0 Å². The molecule has 0 aliphatic carbocycles. The minimum absolute atomic E-state index is 0.628. The van der Waals surface area contributed by atoms with Gasteiger partial charge in [0.05, 0.1) is 15.7 Å². The van der Waals surface area contributed by atoms with Crippen LogP contribution in [0.4, 0.5) is 5.82 Å². The van der Waals surface area contributed by atoms with Crippen molar-refractivity contribution in [3.63, 3.8) is 0 Å². The maximum absolute atomic E-state index is 6.42. The second kappa shape index (κ2) is 5.83. The van der Waals surface area contributed by atoms with Crippen LogP contribution in [0.5, 0.6) is 0 Å². The molecule has 0 fully saturated rings. The van der Waals surface area contributed by atoms with Gasteiger partial charge in [-0.2, -0.15) is 5.10 Å². The highest BCUT2D eigenvalue weighted by molar-refractivity contribution is 6.39.